The van der Waals surface area contributed by atoms with Crippen LogP contribution in [0.1, 0.15) is 32.4 Å². The Balaban J connectivity index is 2.78. The summed E-state index contributed by atoms with van der Waals surface area (Å²) in [6.45, 7) is 5.06. The highest BCUT2D eigenvalue weighted by atomic mass is 19.1. The number of hydrogen-bond acceptors (Lipinski definition) is 4. The summed E-state index contributed by atoms with van der Waals surface area (Å²) in [6, 6.07) is 1.73. The maximum Gasteiger partial charge on any atom is 0.408 e. The Hall–Kier alpha value is -1.98. The molecule has 1 atom stereocenters. The van der Waals surface area contributed by atoms with Crippen LogP contribution in [0.4, 0.5) is 9.18 Å². The zero-order chi connectivity index (χ0) is 13.8. The monoisotopic (exact) mass is 254 g/mol. The number of nitrogens with zero attached hydrogens (tertiary/aromatic N) is 1. The molecule has 0 saturated heterocycles. The first-order valence-corrected chi connectivity index (χ1v) is 5.38. The first-order chi connectivity index (χ1) is 8.33. The zero-order valence-electron chi connectivity index (χ0n) is 10.4. The average molecular weight is 254 g/mol. The molecule has 0 radical (unpaired) electrons. The highest BCUT2D eigenvalue weighted by Crippen LogP contribution is 2.14. The number of halogens is 1. The molecule has 0 aliphatic rings. The van der Waals surface area contributed by atoms with Gasteiger partial charge in [0.25, 0.3) is 0 Å². The number of carbonyl (C=O) groups is 2. The van der Waals surface area contributed by atoms with E-state index < -0.39 is 23.7 Å². The highest BCUT2D eigenvalue weighted by molar-refractivity contribution is 5.74. The molecule has 1 unspecified atom stereocenters. The van der Waals surface area contributed by atoms with Gasteiger partial charge in [-0.1, -0.05) is 6.07 Å². The van der Waals surface area contributed by atoms with Crippen molar-refractivity contribution in [3.05, 3.63) is 29.8 Å². The molecule has 1 aromatic rings. The minimum absolute atomic E-state index is 0.00152. The molecule has 1 heterocycles. The molecule has 5 nitrogen and oxygen atoms in total. The van der Waals surface area contributed by atoms with Crippen LogP contribution >= 0.6 is 0 Å². The van der Waals surface area contributed by atoms with Crippen LogP contribution in [0.2, 0.25) is 0 Å². The number of aromatic nitrogens is 1. The minimum Gasteiger partial charge on any atom is -0.444 e. The summed E-state index contributed by atoms with van der Waals surface area (Å²) in [5.74, 6) is -0.800. The standard InChI is InChI=1S/C12H15FN2O3/c1-12(2,3)18-11(17)15-9(7-16)8-5-4-6-14-10(8)13/h4-7,9H,1-3H3,(H,15,17). The van der Waals surface area contributed by atoms with Crippen LogP contribution in [0, 0.1) is 5.95 Å². The van der Waals surface area contributed by atoms with Crippen LogP contribution in [0.25, 0.3) is 0 Å². The number of amides is 1. The van der Waals surface area contributed by atoms with Crippen molar-refractivity contribution in [2.24, 2.45) is 0 Å². The van der Waals surface area contributed by atoms with Crippen molar-refractivity contribution in [3.63, 3.8) is 0 Å². The SMILES string of the molecule is CC(C)(C)OC(=O)NC(C=O)c1cccnc1F. The fourth-order valence-corrected chi connectivity index (χ4v) is 1.25. The van der Waals surface area contributed by atoms with E-state index in [1.54, 1.807) is 20.8 Å². The maximum absolute atomic E-state index is 13.4. The molecule has 0 spiro atoms. The van der Waals surface area contributed by atoms with Crippen LogP contribution < -0.4 is 5.32 Å². The third kappa shape index (κ3) is 4.12. The predicted octanol–water partition coefficient (Wildman–Crippen LogP) is 1.99. The van der Waals surface area contributed by atoms with Gasteiger partial charge in [-0.05, 0) is 26.8 Å². The van der Waals surface area contributed by atoms with Gasteiger partial charge in [0, 0.05) is 11.8 Å². The van der Waals surface area contributed by atoms with E-state index in [1.807, 2.05) is 0 Å². The summed E-state index contributed by atoms with van der Waals surface area (Å²) in [5, 5.41) is 2.27. The number of rotatable bonds is 3. The largest absolute Gasteiger partial charge is 0.444 e. The topological polar surface area (TPSA) is 68.3 Å². The first-order valence-electron chi connectivity index (χ1n) is 5.38. The third-order valence-corrected chi connectivity index (χ3v) is 1.93. The highest BCUT2D eigenvalue weighted by Gasteiger charge is 2.22. The molecular formula is C12H15FN2O3. The molecule has 1 amide bonds. The molecule has 0 aliphatic carbocycles. The first kappa shape index (κ1) is 14.1. The summed E-state index contributed by atoms with van der Waals surface area (Å²) < 4.78 is 18.3. The quantitative estimate of drug-likeness (QED) is 0.661. The van der Waals surface area contributed by atoms with Gasteiger partial charge in [-0.2, -0.15) is 4.39 Å². The number of aldehydes is 1. The Morgan fingerprint density at radius 1 is 1.56 bits per heavy atom. The average Bonchev–Trinajstić information content (AvgIpc) is 2.24. The van der Waals surface area contributed by atoms with Crippen molar-refractivity contribution in [1.82, 2.24) is 10.3 Å². The van der Waals surface area contributed by atoms with Gasteiger partial charge in [0.05, 0.1) is 0 Å². The molecule has 0 aliphatic heterocycles. The van der Waals surface area contributed by atoms with Gasteiger partial charge in [0.1, 0.15) is 17.9 Å². The number of ether oxygens (including phenoxy) is 1. The van der Waals surface area contributed by atoms with E-state index in [1.165, 1.54) is 18.3 Å². The molecule has 0 fully saturated rings. The van der Waals surface area contributed by atoms with Gasteiger partial charge in [-0.3, -0.25) is 0 Å². The van der Waals surface area contributed by atoms with Crippen LogP contribution in [0.15, 0.2) is 18.3 Å². The Kier molecular flexibility index (Phi) is 4.36. The van der Waals surface area contributed by atoms with Crippen molar-refractivity contribution >= 4 is 12.4 Å². The van der Waals surface area contributed by atoms with E-state index in [0.29, 0.717) is 6.29 Å². The lowest BCUT2D eigenvalue weighted by Crippen LogP contribution is -2.35. The van der Waals surface area contributed by atoms with Crippen LogP contribution in [-0.2, 0) is 9.53 Å². The van der Waals surface area contributed by atoms with Crippen LogP contribution in [0.5, 0.6) is 0 Å². The van der Waals surface area contributed by atoms with E-state index in [4.69, 9.17) is 4.74 Å². The number of pyridine rings is 1. The van der Waals surface area contributed by atoms with Crippen molar-refractivity contribution in [1.29, 1.82) is 0 Å². The lowest BCUT2D eigenvalue weighted by Gasteiger charge is -2.21. The lowest BCUT2D eigenvalue weighted by atomic mass is 10.1. The van der Waals surface area contributed by atoms with Crippen LogP contribution in [0.3, 0.4) is 0 Å². The predicted molar refractivity (Wildman–Crippen MR) is 62.4 cm³/mol. The molecule has 98 valence electrons. The minimum atomic E-state index is -1.12. The van der Waals surface area contributed by atoms with Crippen molar-refractivity contribution in [2.45, 2.75) is 32.4 Å². The fraction of sp³-hybridized carbons (Fsp3) is 0.417. The zero-order valence-corrected chi connectivity index (χ0v) is 10.4. The van der Waals surface area contributed by atoms with Gasteiger partial charge >= 0.3 is 6.09 Å². The van der Waals surface area contributed by atoms with Gasteiger partial charge in [0.2, 0.25) is 5.95 Å². The molecule has 1 rings (SSSR count). The van der Waals surface area contributed by atoms with Gasteiger partial charge in [-0.25, -0.2) is 9.78 Å². The fourth-order valence-electron chi connectivity index (χ4n) is 1.25. The molecule has 1 N–H and O–H groups in total. The smallest absolute Gasteiger partial charge is 0.408 e. The van der Waals surface area contributed by atoms with Gasteiger partial charge < -0.3 is 14.8 Å². The van der Waals surface area contributed by atoms with E-state index in [-0.39, 0.29) is 5.56 Å². The summed E-state index contributed by atoms with van der Waals surface area (Å²) in [5.41, 5.74) is -0.691. The second kappa shape index (κ2) is 5.57. The normalized spacial score (nSPS) is 12.7. The lowest BCUT2D eigenvalue weighted by molar-refractivity contribution is -0.109. The molecule has 0 aromatic carbocycles. The maximum atomic E-state index is 13.4. The summed E-state index contributed by atoms with van der Waals surface area (Å²) in [4.78, 5) is 25.8. The molecule has 1 aromatic heterocycles. The third-order valence-electron chi connectivity index (χ3n) is 1.93. The second-order valence-electron chi connectivity index (χ2n) is 4.64. The summed E-state index contributed by atoms with van der Waals surface area (Å²) >= 11 is 0. The Labute approximate surface area is 104 Å². The second-order valence-corrected chi connectivity index (χ2v) is 4.64. The van der Waals surface area contributed by atoms with E-state index in [0.717, 1.165) is 0 Å². The van der Waals surface area contributed by atoms with E-state index >= 15 is 0 Å². The molecule has 6 heteroatoms. The molecule has 0 saturated carbocycles. The van der Waals surface area contributed by atoms with Crippen molar-refractivity contribution < 1.29 is 18.7 Å². The van der Waals surface area contributed by atoms with E-state index in [9.17, 15) is 14.0 Å². The molecular weight excluding hydrogens is 239 g/mol. The van der Waals surface area contributed by atoms with Crippen molar-refractivity contribution in [3.8, 4) is 0 Å². The number of alkyl carbamates (subject to hydrolysis) is 1. The Morgan fingerprint density at radius 2 is 2.22 bits per heavy atom. The molecule has 0 bridgehead atoms. The number of carbonyl (C=O) groups excluding carboxylic acids is 2. The summed E-state index contributed by atoms with van der Waals surface area (Å²) in [7, 11) is 0. The number of nitrogens with one attached hydrogen (secondary N) is 1. The van der Waals surface area contributed by atoms with E-state index in [2.05, 4.69) is 10.3 Å². The number of hydrogen-bond donors (Lipinski definition) is 1. The Bertz CT molecular complexity index is 443. The van der Waals surface area contributed by atoms with Crippen LogP contribution in [-0.4, -0.2) is 23.0 Å². The van der Waals surface area contributed by atoms with Crippen molar-refractivity contribution in [2.75, 3.05) is 0 Å². The Morgan fingerprint density at radius 3 is 2.72 bits per heavy atom. The summed E-state index contributed by atoms with van der Waals surface area (Å²) in [6.07, 6.45) is 0.890. The van der Waals surface area contributed by atoms with Gasteiger partial charge in [-0.15, -0.1) is 0 Å². The van der Waals surface area contributed by atoms with Gasteiger partial charge in [0.15, 0.2) is 0 Å². The molecule has 18 heavy (non-hydrogen) atoms.